The van der Waals surface area contributed by atoms with Gasteiger partial charge in [0.25, 0.3) is 10.0 Å². The summed E-state index contributed by atoms with van der Waals surface area (Å²) in [5.41, 5.74) is 2.80. The van der Waals surface area contributed by atoms with Crippen molar-refractivity contribution in [2.75, 3.05) is 11.9 Å². The molecule has 3 rings (SSSR count). The lowest BCUT2D eigenvalue weighted by Crippen LogP contribution is -2.47. The topological polar surface area (TPSA) is 61.8 Å². The van der Waals surface area contributed by atoms with Gasteiger partial charge in [0.2, 0.25) is 5.96 Å². The van der Waals surface area contributed by atoms with Gasteiger partial charge < -0.3 is 4.90 Å². The van der Waals surface area contributed by atoms with Gasteiger partial charge in [-0.25, -0.2) is 26.9 Å². The Balaban J connectivity index is 0.00000163. The molecule has 0 aromatic heterocycles. The van der Waals surface area contributed by atoms with Gasteiger partial charge in [0, 0.05) is 18.5 Å². The Morgan fingerprint density at radius 3 is 2.38 bits per heavy atom. The van der Waals surface area contributed by atoms with Crippen molar-refractivity contribution < 1.29 is 17.2 Å². The molecule has 0 radical (unpaired) electrons. The molecular formula is C29H39F2N3O2S. The third kappa shape index (κ3) is 8.12. The van der Waals surface area contributed by atoms with Crippen molar-refractivity contribution in [3.8, 4) is 0 Å². The predicted octanol–water partition coefficient (Wildman–Crippen LogP) is 7.48. The molecule has 5 nitrogen and oxygen atoms in total. The second kappa shape index (κ2) is 14.5. The normalized spacial score (nSPS) is 16.1. The average molecular weight is 532 g/mol. The lowest BCUT2D eigenvalue weighted by Gasteiger charge is -2.33. The zero-order valence-electron chi connectivity index (χ0n) is 23.1. The number of hydrogen-bond acceptors (Lipinski definition) is 3. The molecule has 0 saturated heterocycles. The fourth-order valence-corrected chi connectivity index (χ4v) is 4.86. The number of halogens is 2. The smallest absolute Gasteiger partial charge is 0.266 e. The summed E-state index contributed by atoms with van der Waals surface area (Å²) in [6.07, 6.45) is 5.52. The van der Waals surface area contributed by atoms with Crippen molar-refractivity contribution >= 4 is 21.7 Å². The molecule has 8 heteroatoms. The molecule has 0 saturated carbocycles. The van der Waals surface area contributed by atoms with E-state index in [4.69, 9.17) is 0 Å². The van der Waals surface area contributed by atoms with Gasteiger partial charge in [0.1, 0.15) is 16.5 Å². The number of allylic oxidation sites excluding steroid dienone is 5. The number of hydrogen-bond donors (Lipinski definition) is 1. The van der Waals surface area contributed by atoms with E-state index in [2.05, 4.69) is 16.3 Å². The molecule has 0 bridgehead atoms. The van der Waals surface area contributed by atoms with E-state index < -0.39 is 27.6 Å². The van der Waals surface area contributed by atoms with E-state index in [9.17, 15) is 12.8 Å². The van der Waals surface area contributed by atoms with Crippen LogP contribution in [0.25, 0.3) is 0 Å². The zero-order valence-corrected chi connectivity index (χ0v) is 23.9. The summed E-state index contributed by atoms with van der Waals surface area (Å²) in [7, 11) is -2.35. The maximum atomic E-state index is 15.1. The number of sulfonamides is 1. The van der Waals surface area contributed by atoms with Crippen molar-refractivity contribution in [3.05, 3.63) is 95.1 Å². The zero-order chi connectivity index (χ0) is 28.3. The highest BCUT2D eigenvalue weighted by Crippen LogP contribution is 2.40. The van der Waals surface area contributed by atoms with Crippen molar-refractivity contribution in [1.82, 2.24) is 4.72 Å². The highest BCUT2D eigenvalue weighted by Gasteiger charge is 2.35. The quantitative estimate of drug-likeness (QED) is 0.393. The number of nitrogens with one attached hydrogen (secondary N) is 1. The van der Waals surface area contributed by atoms with Crippen LogP contribution in [0.5, 0.6) is 0 Å². The molecule has 2 aromatic carbocycles. The molecule has 1 aliphatic heterocycles. The van der Waals surface area contributed by atoms with E-state index in [1.165, 1.54) is 29.2 Å². The Morgan fingerprint density at radius 1 is 1.14 bits per heavy atom. The lowest BCUT2D eigenvalue weighted by molar-refractivity contribution is 0.583. The number of aliphatic imine (C=N–C) groups is 1. The Kier molecular flexibility index (Phi) is 12.4. The molecule has 1 N–H and O–H groups in total. The Morgan fingerprint density at radius 2 is 1.78 bits per heavy atom. The van der Waals surface area contributed by atoms with Crippen LogP contribution in [-0.4, -0.2) is 21.4 Å². The van der Waals surface area contributed by atoms with E-state index in [0.717, 1.165) is 11.1 Å². The van der Waals surface area contributed by atoms with Crippen LogP contribution in [0.1, 0.15) is 65.5 Å². The van der Waals surface area contributed by atoms with Gasteiger partial charge in [0.15, 0.2) is 0 Å². The Bertz CT molecular complexity index is 1280. The van der Waals surface area contributed by atoms with Crippen LogP contribution in [0, 0.1) is 11.6 Å². The summed E-state index contributed by atoms with van der Waals surface area (Å²) < 4.78 is 57.0. The van der Waals surface area contributed by atoms with E-state index in [0.29, 0.717) is 5.56 Å². The summed E-state index contributed by atoms with van der Waals surface area (Å²) in [6.45, 7) is 17.4. The summed E-state index contributed by atoms with van der Waals surface area (Å²) in [5, 5.41) is 0. The van der Waals surface area contributed by atoms with Crippen LogP contribution >= 0.6 is 0 Å². The van der Waals surface area contributed by atoms with Crippen molar-refractivity contribution in [2.45, 2.75) is 65.8 Å². The molecule has 0 amide bonds. The van der Waals surface area contributed by atoms with Crippen LogP contribution < -0.4 is 9.62 Å². The molecule has 1 aliphatic rings. The molecule has 0 aliphatic carbocycles. The number of rotatable bonds is 6. The molecule has 1 heterocycles. The first-order chi connectivity index (χ1) is 17.5. The second-order valence-corrected chi connectivity index (χ2v) is 9.73. The van der Waals surface area contributed by atoms with E-state index in [1.807, 2.05) is 66.7 Å². The maximum Gasteiger partial charge on any atom is 0.266 e. The first kappa shape index (κ1) is 31.8. The van der Waals surface area contributed by atoms with Crippen molar-refractivity contribution in [3.63, 3.8) is 0 Å². The minimum atomic E-state index is -3.97. The molecule has 0 spiro atoms. The van der Waals surface area contributed by atoms with Crippen LogP contribution in [0.15, 0.2) is 82.2 Å². The molecular weight excluding hydrogens is 492 g/mol. The lowest BCUT2D eigenvalue weighted by atomic mass is 9.91. The Labute approximate surface area is 221 Å². The van der Waals surface area contributed by atoms with Gasteiger partial charge in [-0.1, -0.05) is 82.7 Å². The van der Waals surface area contributed by atoms with Gasteiger partial charge in [-0.15, -0.1) is 0 Å². The van der Waals surface area contributed by atoms with E-state index in [-0.39, 0.29) is 28.7 Å². The largest absolute Gasteiger partial charge is 0.313 e. The third-order valence-corrected chi connectivity index (χ3v) is 6.81. The summed E-state index contributed by atoms with van der Waals surface area (Å²) >= 11 is 0. The van der Waals surface area contributed by atoms with Crippen LogP contribution in [0.2, 0.25) is 0 Å². The van der Waals surface area contributed by atoms with Crippen LogP contribution in [0.3, 0.4) is 0 Å². The number of guanidine groups is 1. The minimum Gasteiger partial charge on any atom is -0.313 e. The van der Waals surface area contributed by atoms with Gasteiger partial charge in [-0.3, -0.25) is 0 Å². The maximum absolute atomic E-state index is 15.1. The number of benzene rings is 2. The molecule has 1 unspecified atom stereocenters. The SMILES string of the molecule is C=C(C)/C=C\C=C(/C)C(C)c1c(F)ccc2c1N(C)C(=NCc1cccc(F)c1)NS2(=O)=O.CC.CC. The first-order valence-electron chi connectivity index (χ1n) is 12.4. The fourth-order valence-electron chi connectivity index (χ4n) is 3.56. The first-order valence-corrected chi connectivity index (χ1v) is 13.9. The van der Waals surface area contributed by atoms with Crippen LogP contribution in [-0.2, 0) is 16.6 Å². The monoisotopic (exact) mass is 531 g/mol. The molecule has 2 aromatic rings. The van der Waals surface area contributed by atoms with E-state index >= 15 is 4.39 Å². The average Bonchev–Trinajstić information content (AvgIpc) is 2.87. The molecule has 37 heavy (non-hydrogen) atoms. The van der Waals surface area contributed by atoms with Gasteiger partial charge in [-0.2, -0.15) is 0 Å². The number of fused-ring (bicyclic) bond motifs is 1. The molecule has 0 fully saturated rings. The third-order valence-electron chi connectivity index (χ3n) is 5.45. The van der Waals surface area contributed by atoms with Crippen LogP contribution in [0.4, 0.5) is 14.5 Å². The Hall–Kier alpha value is -3.26. The van der Waals surface area contributed by atoms with E-state index in [1.54, 1.807) is 19.2 Å². The predicted molar refractivity (Wildman–Crippen MR) is 151 cm³/mol. The van der Waals surface area contributed by atoms with Crippen molar-refractivity contribution in [2.24, 2.45) is 4.99 Å². The summed E-state index contributed by atoms with van der Waals surface area (Å²) in [5.74, 6) is -1.28. The molecule has 202 valence electrons. The fraction of sp³-hybridized carbons (Fsp3) is 0.345. The van der Waals surface area contributed by atoms with Gasteiger partial charge in [-0.05, 0) is 43.7 Å². The minimum absolute atomic E-state index is 0.0248. The molecule has 1 atom stereocenters. The number of nitrogens with zero attached hydrogens (tertiary/aromatic N) is 2. The highest BCUT2D eigenvalue weighted by molar-refractivity contribution is 7.90. The summed E-state index contributed by atoms with van der Waals surface area (Å²) in [6, 6.07) is 8.32. The summed E-state index contributed by atoms with van der Waals surface area (Å²) in [4.78, 5) is 5.85. The van der Waals surface area contributed by atoms with Gasteiger partial charge in [0.05, 0.1) is 12.2 Å². The standard InChI is InChI=1S/C25H27F2N3O2S.2C2H6/c1-16(2)8-6-9-17(3)18(4)23-21(27)12-13-22-24(23)30(5)25(29-33(22,31)32)28-15-19-10-7-11-20(26)14-19;2*1-2/h6-14,18H,1,15H2,2-5H3,(H,28,29);2*1-2H3/b8-6-,17-9+;;. The second-order valence-electron chi connectivity index (χ2n) is 8.08. The number of anilines is 1. The van der Waals surface area contributed by atoms with Crippen molar-refractivity contribution in [1.29, 1.82) is 0 Å². The van der Waals surface area contributed by atoms with Gasteiger partial charge >= 0.3 is 0 Å². The highest BCUT2D eigenvalue weighted by atomic mass is 32.2.